The second-order valence-electron chi connectivity index (χ2n) is 4.71. The van der Waals surface area contributed by atoms with Crippen molar-refractivity contribution in [1.82, 2.24) is 10.1 Å². The molecule has 2 aromatic rings. The minimum absolute atomic E-state index is 0.210. The molecule has 1 atom stereocenters. The number of nitrogens with two attached hydrogens (primary N) is 2. The van der Waals surface area contributed by atoms with Gasteiger partial charge in [0, 0.05) is 5.56 Å². The Hall–Kier alpha value is -1.72. The summed E-state index contributed by atoms with van der Waals surface area (Å²) < 4.78 is 5.22. The summed E-state index contributed by atoms with van der Waals surface area (Å²) in [7, 11) is 0. The first-order valence-electron chi connectivity index (χ1n) is 6.57. The highest BCUT2D eigenvalue weighted by molar-refractivity contribution is 5.54. The van der Waals surface area contributed by atoms with E-state index in [1.807, 2.05) is 31.2 Å². The molecule has 1 aromatic carbocycles. The fourth-order valence-electron chi connectivity index (χ4n) is 1.84. The van der Waals surface area contributed by atoms with Crippen LogP contribution in [0.5, 0.6) is 0 Å². The Balaban J connectivity index is 2.04. The molecule has 0 spiro atoms. The van der Waals surface area contributed by atoms with Crippen molar-refractivity contribution in [3.05, 3.63) is 35.7 Å². The zero-order chi connectivity index (χ0) is 13.7. The number of aryl methyl sites for hydroxylation is 1. The van der Waals surface area contributed by atoms with Gasteiger partial charge in [-0.05, 0) is 26.3 Å². The van der Waals surface area contributed by atoms with Gasteiger partial charge in [-0.3, -0.25) is 0 Å². The van der Waals surface area contributed by atoms with Gasteiger partial charge in [0.2, 0.25) is 11.7 Å². The lowest BCUT2D eigenvalue weighted by Crippen LogP contribution is -2.11. The van der Waals surface area contributed by atoms with Crippen LogP contribution in [0.25, 0.3) is 11.4 Å². The molecule has 0 bridgehead atoms. The summed E-state index contributed by atoms with van der Waals surface area (Å²) in [5.74, 6) is 1.08. The quantitative estimate of drug-likeness (QED) is 0.777. The van der Waals surface area contributed by atoms with Gasteiger partial charge in [0.25, 0.3) is 0 Å². The van der Waals surface area contributed by atoms with E-state index >= 15 is 0 Å². The Morgan fingerprint density at radius 3 is 2.63 bits per heavy atom. The molecule has 0 saturated heterocycles. The maximum absolute atomic E-state index is 6.01. The van der Waals surface area contributed by atoms with E-state index in [1.54, 1.807) is 0 Å². The molecule has 102 valence electrons. The number of rotatable bonds is 6. The largest absolute Gasteiger partial charge is 0.337 e. The van der Waals surface area contributed by atoms with Crippen LogP contribution in [0.2, 0.25) is 0 Å². The van der Waals surface area contributed by atoms with Crippen molar-refractivity contribution in [2.24, 2.45) is 11.5 Å². The lowest BCUT2D eigenvalue weighted by atomic mass is 10.1. The van der Waals surface area contributed by atoms with E-state index in [0.717, 1.165) is 24.8 Å². The Morgan fingerprint density at radius 2 is 1.95 bits per heavy atom. The van der Waals surface area contributed by atoms with Crippen LogP contribution in [0.15, 0.2) is 28.8 Å². The van der Waals surface area contributed by atoms with Gasteiger partial charge in [0.15, 0.2) is 0 Å². The van der Waals surface area contributed by atoms with E-state index in [4.69, 9.17) is 16.0 Å². The van der Waals surface area contributed by atoms with Gasteiger partial charge in [-0.1, -0.05) is 41.4 Å². The van der Waals surface area contributed by atoms with Gasteiger partial charge in [-0.15, -0.1) is 0 Å². The highest BCUT2D eigenvalue weighted by Gasteiger charge is 2.15. The van der Waals surface area contributed by atoms with Gasteiger partial charge >= 0.3 is 0 Å². The third kappa shape index (κ3) is 3.62. The summed E-state index contributed by atoms with van der Waals surface area (Å²) in [5.41, 5.74) is 13.6. The van der Waals surface area contributed by atoms with E-state index in [1.165, 1.54) is 5.56 Å². The highest BCUT2D eigenvalue weighted by atomic mass is 16.5. The molecular weight excluding hydrogens is 240 g/mol. The van der Waals surface area contributed by atoms with Crippen molar-refractivity contribution in [2.45, 2.75) is 32.2 Å². The average Bonchev–Trinajstić information content (AvgIpc) is 2.89. The normalized spacial score (nSPS) is 12.6. The van der Waals surface area contributed by atoms with Crippen LogP contribution < -0.4 is 11.5 Å². The molecule has 0 saturated carbocycles. The van der Waals surface area contributed by atoms with Crippen molar-refractivity contribution in [3.63, 3.8) is 0 Å². The second-order valence-corrected chi connectivity index (χ2v) is 4.71. The number of nitrogens with zero attached hydrogens (tertiary/aromatic N) is 2. The van der Waals surface area contributed by atoms with Crippen LogP contribution in [0, 0.1) is 6.92 Å². The van der Waals surface area contributed by atoms with Crippen molar-refractivity contribution in [3.8, 4) is 11.4 Å². The molecule has 0 aliphatic rings. The van der Waals surface area contributed by atoms with Gasteiger partial charge in [0.05, 0.1) is 6.04 Å². The molecular formula is C14H20N4O. The molecule has 5 nitrogen and oxygen atoms in total. The van der Waals surface area contributed by atoms with Crippen LogP contribution in [0.1, 0.15) is 36.8 Å². The van der Waals surface area contributed by atoms with Crippen molar-refractivity contribution < 1.29 is 4.52 Å². The highest BCUT2D eigenvalue weighted by Crippen LogP contribution is 2.20. The number of hydrogen-bond donors (Lipinski definition) is 2. The predicted molar refractivity (Wildman–Crippen MR) is 74.3 cm³/mol. The summed E-state index contributed by atoms with van der Waals surface area (Å²) in [5, 5.41) is 3.97. The monoisotopic (exact) mass is 260 g/mol. The maximum atomic E-state index is 6.01. The third-order valence-corrected chi connectivity index (χ3v) is 3.04. The summed E-state index contributed by atoms with van der Waals surface area (Å²) in [6, 6.07) is 7.78. The first-order valence-corrected chi connectivity index (χ1v) is 6.57. The molecule has 0 radical (unpaired) electrons. The number of unbranched alkanes of at least 4 members (excludes halogenated alkanes) is 1. The molecule has 4 N–H and O–H groups in total. The standard InChI is InChI=1S/C14H20N4O/c1-10-5-7-11(8-6-10)13-17-14(19-18-13)12(16)4-2-3-9-15/h5-8,12H,2-4,9,15-16H2,1H3/t12-/m0/s1. The first kappa shape index (κ1) is 13.7. The smallest absolute Gasteiger partial charge is 0.243 e. The molecule has 0 aliphatic heterocycles. The van der Waals surface area contributed by atoms with Crippen LogP contribution >= 0.6 is 0 Å². The third-order valence-electron chi connectivity index (χ3n) is 3.04. The van der Waals surface area contributed by atoms with Crippen molar-refractivity contribution in [2.75, 3.05) is 6.54 Å². The molecule has 19 heavy (non-hydrogen) atoms. The predicted octanol–water partition coefficient (Wildman–Crippen LogP) is 2.17. The van der Waals surface area contributed by atoms with Crippen LogP contribution in [-0.2, 0) is 0 Å². The Morgan fingerprint density at radius 1 is 1.21 bits per heavy atom. The van der Waals surface area contributed by atoms with Gasteiger partial charge in [-0.25, -0.2) is 0 Å². The second kappa shape index (κ2) is 6.45. The Labute approximate surface area is 113 Å². The number of hydrogen-bond acceptors (Lipinski definition) is 5. The summed E-state index contributed by atoms with van der Waals surface area (Å²) in [6.45, 7) is 2.73. The van der Waals surface area contributed by atoms with Crippen LogP contribution in [0.3, 0.4) is 0 Å². The summed E-state index contributed by atoms with van der Waals surface area (Å²) in [4.78, 5) is 4.35. The van der Waals surface area contributed by atoms with Crippen molar-refractivity contribution in [1.29, 1.82) is 0 Å². The molecule has 0 unspecified atom stereocenters. The summed E-state index contributed by atoms with van der Waals surface area (Å²) >= 11 is 0. The number of benzene rings is 1. The van der Waals surface area contributed by atoms with E-state index in [-0.39, 0.29) is 6.04 Å². The maximum Gasteiger partial charge on any atom is 0.243 e. The molecule has 5 heteroatoms. The minimum atomic E-state index is -0.210. The fourth-order valence-corrected chi connectivity index (χ4v) is 1.84. The number of aromatic nitrogens is 2. The first-order chi connectivity index (χ1) is 9.20. The minimum Gasteiger partial charge on any atom is -0.337 e. The molecule has 0 amide bonds. The van der Waals surface area contributed by atoms with Crippen LogP contribution in [0.4, 0.5) is 0 Å². The molecule has 0 aliphatic carbocycles. The van der Waals surface area contributed by atoms with Gasteiger partial charge in [0.1, 0.15) is 0 Å². The summed E-state index contributed by atoms with van der Waals surface area (Å²) in [6.07, 6.45) is 2.75. The SMILES string of the molecule is Cc1ccc(-c2noc([C@@H](N)CCCCN)n2)cc1. The van der Waals surface area contributed by atoms with E-state index in [9.17, 15) is 0 Å². The lowest BCUT2D eigenvalue weighted by Gasteiger charge is -2.04. The average molecular weight is 260 g/mol. The lowest BCUT2D eigenvalue weighted by molar-refractivity contribution is 0.346. The van der Waals surface area contributed by atoms with Gasteiger partial charge < -0.3 is 16.0 Å². The Bertz CT molecular complexity index is 506. The topological polar surface area (TPSA) is 91.0 Å². The van der Waals surface area contributed by atoms with Gasteiger partial charge in [-0.2, -0.15) is 4.98 Å². The molecule has 0 fully saturated rings. The fraction of sp³-hybridized carbons (Fsp3) is 0.429. The van der Waals surface area contributed by atoms with Crippen molar-refractivity contribution >= 4 is 0 Å². The zero-order valence-corrected chi connectivity index (χ0v) is 11.2. The molecule has 2 rings (SSSR count). The van der Waals surface area contributed by atoms with Crippen LogP contribution in [-0.4, -0.2) is 16.7 Å². The van der Waals surface area contributed by atoms with E-state index in [2.05, 4.69) is 10.1 Å². The van der Waals surface area contributed by atoms with E-state index in [0.29, 0.717) is 18.3 Å². The Kier molecular flexibility index (Phi) is 4.65. The molecule has 1 aromatic heterocycles. The molecule has 1 heterocycles. The van der Waals surface area contributed by atoms with E-state index < -0.39 is 0 Å². The zero-order valence-electron chi connectivity index (χ0n) is 11.2.